The van der Waals surface area contributed by atoms with Crippen LogP contribution in [0.3, 0.4) is 0 Å². The van der Waals surface area contributed by atoms with Gasteiger partial charge in [0.2, 0.25) is 5.91 Å². The van der Waals surface area contributed by atoms with Crippen LogP contribution in [0.15, 0.2) is 113 Å². The molecule has 0 fully saturated rings. The van der Waals surface area contributed by atoms with Crippen LogP contribution >= 0.6 is 46.3 Å². The number of ether oxygens (including phenoxy) is 1. The molecule has 3 N–H and O–H groups in total. The van der Waals surface area contributed by atoms with Crippen LogP contribution in [0.5, 0.6) is 5.75 Å². The Morgan fingerprint density at radius 1 is 0.894 bits per heavy atom. The molecule has 1 heterocycles. The van der Waals surface area contributed by atoms with Crippen LogP contribution in [0.4, 0.5) is 10.8 Å². The smallest absolute Gasteiger partial charge is 0.272 e. The van der Waals surface area contributed by atoms with E-state index >= 15 is 0 Å². The number of aromatic nitrogens is 1. The van der Waals surface area contributed by atoms with E-state index in [9.17, 15) is 14.4 Å². The van der Waals surface area contributed by atoms with E-state index in [0.29, 0.717) is 27.0 Å². The van der Waals surface area contributed by atoms with Crippen molar-refractivity contribution in [2.24, 2.45) is 0 Å². The Hall–Kier alpha value is -4.61. The quantitative estimate of drug-likeness (QED) is 0.0939. The van der Waals surface area contributed by atoms with Gasteiger partial charge in [0.25, 0.3) is 11.8 Å². The van der Waals surface area contributed by atoms with Gasteiger partial charge in [-0.1, -0.05) is 53.5 Å². The highest BCUT2D eigenvalue weighted by Gasteiger charge is 2.18. The molecule has 0 aliphatic heterocycles. The molecular formula is C35H28Cl2N4O4S2. The molecule has 0 aliphatic carbocycles. The lowest BCUT2D eigenvalue weighted by atomic mass is 10.1. The number of nitrogens with zero attached hydrogens (tertiary/aromatic N) is 1. The largest absolute Gasteiger partial charge is 0.497 e. The molecule has 4 aromatic carbocycles. The topological polar surface area (TPSA) is 109 Å². The first-order chi connectivity index (χ1) is 22.7. The third-order valence-corrected chi connectivity index (χ3v) is 9.43. The van der Waals surface area contributed by atoms with Crippen LogP contribution in [-0.2, 0) is 9.59 Å². The molecule has 5 aromatic rings. The van der Waals surface area contributed by atoms with E-state index in [-0.39, 0.29) is 16.6 Å². The Bertz CT molecular complexity index is 1910. The van der Waals surface area contributed by atoms with Gasteiger partial charge < -0.3 is 20.7 Å². The minimum Gasteiger partial charge on any atom is -0.497 e. The number of carbonyl (C=O) groups excluding carboxylic acids is 3. The number of hydrogen-bond donors (Lipinski definition) is 3. The summed E-state index contributed by atoms with van der Waals surface area (Å²) in [6.07, 6.45) is 1.47. The van der Waals surface area contributed by atoms with Crippen molar-refractivity contribution < 1.29 is 19.1 Å². The number of anilines is 2. The monoisotopic (exact) mass is 702 g/mol. The molecule has 5 rings (SSSR count). The summed E-state index contributed by atoms with van der Waals surface area (Å²) in [7, 11) is 1.61. The fourth-order valence-corrected chi connectivity index (χ4v) is 6.19. The number of hydrogen-bond acceptors (Lipinski definition) is 7. The molecule has 1 atom stereocenters. The van der Waals surface area contributed by atoms with Crippen LogP contribution < -0.4 is 20.7 Å². The molecule has 47 heavy (non-hydrogen) atoms. The van der Waals surface area contributed by atoms with E-state index in [4.69, 9.17) is 27.9 Å². The van der Waals surface area contributed by atoms with Crippen molar-refractivity contribution in [1.82, 2.24) is 10.3 Å². The van der Waals surface area contributed by atoms with Crippen molar-refractivity contribution in [1.29, 1.82) is 0 Å². The van der Waals surface area contributed by atoms with Crippen LogP contribution in [0.2, 0.25) is 10.0 Å². The van der Waals surface area contributed by atoms with Crippen LogP contribution in [0.25, 0.3) is 17.3 Å². The van der Waals surface area contributed by atoms with Gasteiger partial charge in [-0.3, -0.25) is 14.4 Å². The maximum atomic E-state index is 13.4. The minimum absolute atomic E-state index is 0.0240. The summed E-state index contributed by atoms with van der Waals surface area (Å²) in [4.78, 5) is 44.6. The van der Waals surface area contributed by atoms with Gasteiger partial charge in [0.1, 0.15) is 11.4 Å². The predicted molar refractivity (Wildman–Crippen MR) is 191 cm³/mol. The summed E-state index contributed by atoms with van der Waals surface area (Å²) < 4.78 is 5.20. The van der Waals surface area contributed by atoms with Gasteiger partial charge in [-0.25, -0.2) is 4.98 Å². The van der Waals surface area contributed by atoms with Crippen molar-refractivity contribution in [2.75, 3.05) is 17.7 Å². The molecule has 1 aromatic heterocycles. The number of carbonyl (C=O) groups is 3. The molecule has 0 aliphatic rings. The van der Waals surface area contributed by atoms with E-state index in [2.05, 4.69) is 20.9 Å². The molecule has 12 heteroatoms. The maximum absolute atomic E-state index is 13.4. The van der Waals surface area contributed by atoms with Crippen molar-refractivity contribution in [3.05, 3.63) is 129 Å². The first-order valence-electron chi connectivity index (χ1n) is 14.2. The third kappa shape index (κ3) is 9.02. The second-order valence-electron chi connectivity index (χ2n) is 10.0. The summed E-state index contributed by atoms with van der Waals surface area (Å²) in [5.41, 5.74) is 3.00. The molecule has 1 unspecified atom stereocenters. The van der Waals surface area contributed by atoms with Gasteiger partial charge in [0.05, 0.1) is 28.1 Å². The van der Waals surface area contributed by atoms with Gasteiger partial charge in [0, 0.05) is 27.1 Å². The Balaban J connectivity index is 1.22. The van der Waals surface area contributed by atoms with Crippen LogP contribution in [0, 0.1) is 0 Å². The third-order valence-electron chi connectivity index (χ3n) is 6.72. The molecule has 0 bridgehead atoms. The molecular weight excluding hydrogens is 675 g/mol. The van der Waals surface area contributed by atoms with Crippen molar-refractivity contribution >= 4 is 80.9 Å². The number of halogens is 2. The average Bonchev–Trinajstić information content (AvgIpc) is 3.56. The Kier molecular flexibility index (Phi) is 11.3. The Morgan fingerprint density at radius 2 is 1.62 bits per heavy atom. The standard InChI is InChI=1S/C35H28Cl2N4O4S2/c1-21(32(42)41-35-40-30(20-46-35)22-11-15-26(45-2)16-12-22)47-27-17-13-25(14-18-27)38-34(44)29(19-24-9-6-10-28(36)31(24)37)39-33(43)23-7-4-3-5-8-23/h3-21H,1-2H3,(H,38,44)(H,39,43)(H,40,41,42)/b29-19-. The molecule has 0 spiro atoms. The zero-order valence-electron chi connectivity index (χ0n) is 25.1. The van der Waals surface area contributed by atoms with Crippen LogP contribution in [0.1, 0.15) is 22.8 Å². The molecule has 0 saturated heterocycles. The Labute approximate surface area is 290 Å². The average molecular weight is 704 g/mol. The number of nitrogens with one attached hydrogen (secondary N) is 3. The summed E-state index contributed by atoms with van der Waals surface area (Å²) in [5, 5.41) is 10.9. The van der Waals surface area contributed by atoms with Gasteiger partial charge in [-0.15, -0.1) is 23.1 Å². The van der Waals surface area contributed by atoms with Gasteiger partial charge in [-0.05, 0) is 85.3 Å². The summed E-state index contributed by atoms with van der Waals surface area (Å²) in [6, 6.07) is 28.1. The fourth-order valence-electron chi connectivity index (χ4n) is 4.24. The number of methoxy groups -OCH3 is 1. The van der Waals surface area contributed by atoms with E-state index in [1.807, 2.05) is 29.6 Å². The summed E-state index contributed by atoms with van der Waals surface area (Å²) in [5.74, 6) is -0.451. The van der Waals surface area contributed by atoms with Gasteiger partial charge in [-0.2, -0.15) is 0 Å². The first kappa shape index (κ1) is 33.7. The highest BCUT2D eigenvalue weighted by molar-refractivity contribution is 8.00. The highest BCUT2D eigenvalue weighted by atomic mass is 35.5. The first-order valence-corrected chi connectivity index (χ1v) is 16.7. The van der Waals surface area contributed by atoms with Crippen molar-refractivity contribution in [3.8, 4) is 17.0 Å². The minimum atomic E-state index is -0.559. The van der Waals surface area contributed by atoms with E-state index in [0.717, 1.165) is 21.9 Å². The van der Waals surface area contributed by atoms with E-state index < -0.39 is 17.1 Å². The van der Waals surface area contributed by atoms with Gasteiger partial charge >= 0.3 is 0 Å². The number of rotatable bonds is 11. The maximum Gasteiger partial charge on any atom is 0.272 e. The lowest BCUT2D eigenvalue weighted by Crippen LogP contribution is -2.30. The number of benzene rings is 4. The molecule has 0 saturated carbocycles. The normalized spacial score (nSPS) is 11.8. The number of thiazole rings is 1. The van der Waals surface area contributed by atoms with Gasteiger partial charge in [0.15, 0.2) is 5.13 Å². The number of amides is 3. The molecule has 8 nitrogen and oxygen atoms in total. The van der Waals surface area contributed by atoms with Crippen LogP contribution in [-0.4, -0.2) is 35.1 Å². The lowest BCUT2D eigenvalue weighted by Gasteiger charge is -2.13. The zero-order valence-corrected chi connectivity index (χ0v) is 28.3. The molecule has 3 amide bonds. The van der Waals surface area contributed by atoms with Crippen molar-refractivity contribution in [3.63, 3.8) is 0 Å². The second kappa shape index (κ2) is 15.8. The lowest BCUT2D eigenvalue weighted by molar-refractivity contribution is -0.115. The molecule has 238 valence electrons. The Morgan fingerprint density at radius 3 is 2.32 bits per heavy atom. The number of thioether (sulfide) groups is 1. The second-order valence-corrected chi connectivity index (χ2v) is 13.1. The highest BCUT2D eigenvalue weighted by Crippen LogP contribution is 2.30. The van der Waals surface area contributed by atoms with E-state index in [1.54, 1.807) is 86.8 Å². The molecule has 0 radical (unpaired) electrons. The predicted octanol–water partition coefficient (Wildman–Crippen LogP) is 8.65. The van der Waals surface area contributed by atoms with Crippen molar-refractivity contribution in [2.45, 2.75) is 17.1 Å². The summed E-state index contributed by atoms with van der Waals surface area (Å²) >= 11 is 15.2. The summed E-state index contributed by atoms with van der Waals surface area (Å²) in [6.45, 7) is 1.81. The van der Waals surface area contributed by atoms with E-state index in [1.165, 1.54) is 29.2 Å². The fraction of sp³-hybridized carbons (Fsp3) is 0.0857. The zero-order chi connectivity index (χ0) is 33.3. The SMILES string of the molecule is COc1ccc(-c2csc(NC(=O)C(C)Sc3ccc(NC(=O)/C(=C/c4cccc(Cl)c4Cl)NC(=O)c4ccccc4)cc3)n2)cc1.